The number of rotatable bonds is 6. The van der Waals surface area contributed by atoms with E-state index in [4.69, 9.17) is 9.47 Å². The summed E-state index contributed by atoms with van der Waals surface area (Å²) in [5.74, 6) is 0.559. The maximum absolute atomic E-state index is 11.3. The number of methoxy groups -OCH3 is 1. The van der Waals surface area contributed by atoms with E-state index >= 15 is 0 Å². The topological polar surface area (TPSA) is 55.8 Å². The second-order valence-electron chi connectivity index (χ2n) is 4.98. The molecule has 1 aliphatic rings. The van der Waals surface area contributed by atoms with Gasteiger partial charge in [-0.2, -0.15) is 0 Å². The summed E-state index contributed by atoms with van der Waals surface area (Å²) in [5, 5.41) is 9.29. The molecule has 1 atom stereocenters. The van der Waals surface area contributed by atoms with Gasteiger partial charge < -0.3 is 14.6 Å². The maximum atomic E-state index is 11.3. The summed E-state index contributed by atoms with van der Waals surface area (Å²) >= 11 is 0. The van der Waals surface area contributed by atoms with Crippen molar-refractivity contribution in [2.24, 2.45) is 11.8 Å². The number of carboxylic acid groups (broad SMARTS) is 1. The fraction of sp³-hybridized carbons (Fsp3) is 0.533. The van der Waals surface area contributed by atoms with E-state index in [2.05, 4.69) is 0 Å². The molecule has 104 valence electrons. The zero-order valence-corrected chi connectivity index (χ0v) is 11.2. The van der Waals surface area contributed by atoms with E-state index in [-0.39, 0.29) is 12.5 Å². The summed E-state index contributed by atoms with van der Waals surface area (Å²) in [7, 11) is 1.61. The molecule has 0 radical (unpaired) electrons. The molecule has 1 saturated carbocycles. The number of carbonyl (C=O) groups is 1. The Morgan fingerprint density at radius 2 is 1.84 bits per heavy atom. The molecule has 0 aromatic heterocycles. The Balaban J connectivity index is 1.92. The average molecular weight is 264 g/mol. The fourth-order valence-corrected chi connectivity index (χ4v) is 2.63. The Kier molecular flexibility index (Phi) is 4.66. The monoisotopic (exact) mass is 264 g/mol. The average Bonchev–Trinajstić information content (AvgIpc) is 2.93. The van der Waals surface area contributed by atoms with Gasteiger partial charge in [0.05, 0.1) is 13.0 Å². The molecule has 19 heavy (non-hydrogen) atoms. The van der Waals surface area contributed by atoms with Crippen molar-refractivity contribution < 1.29 is 19.4 Å². The smallest absolute Gasteiger partial charge is 0.310 e. The van der Waals surface area contributed by atoms with Crippen molar-refractivity contribution in [2.75, 3.05) is 13.7 Å². The first-order chi connectivity index (χ1) is 9.20. The Bertz CT molecular complexity index is 407. The van der Waals surface area contributed by atoms with Crippen molar-refractivity contribution in [1.82, 2.24) is 0 Å². The lowest BCUT2D eigenvalue weighted by atomic mass is 9.92. The van der Waals surface area contributed by atoms with Crippen molar-refractivity contribution in [3.05, 3.63) is 24.3 Å². The highest BCUT2D eigenvalue weighted by molar-refractivity contribution is 5.70. The van der Waals surface area contributed by atoms with Crippen molar-refractivity contribution in [1.29, 1.82) is 0 Å². The van der Waals surface area contributed by atoms with Crippen LogP contribution in [0.15, 0.2) is 24.3 Å². The van der Waals surface area contributed by atoms with Gasteiger partial charge in [0.1, 0.15) is 18.1 Å². The molecule has 0 heterocycles. The molecule has 0 spiro atoms. The predicted octanol–water partition coefficient (Wildman–Crippen LogP) is 2.97. The summed E-state index contributed by atoms with van der Waals surface area (Å²) in [6, 6.07) is 7.21. The Labute approximate surface area is 113 Å². The van der Waals surface area contributed by atoms with Gasteiger partial charge in [-0.1, -0.05) is 12.8 Å². The lowest BCUT2D eigenvalue weighted by molar-refractivity contribution is -0.144. The summed E-state index contributed by atoms with van der Waals surface area (Å²) in [4.78, 5) is 11.3. The molecule has 1 N–H and O–H groups in total. The minimum absolute atomic E-state index is 0.242. The Morgan fingerprint density at radius 3 is 2.37 bits per heavy atom. The highest BCUT2D eigenvalue weighted by atomic mass is 16.5. The van der Waals surface area contributed by atoms with Crippen LogP contribution < -0.4 is 9.47 Å². The minimum Gasteiger partial charge on any atom is -0.497 e. The molecular formula is C15H20O4. The molecule has 1 aromatic rings. The lowest BCUT2D eigenvalue weighted by Crippen LogP contribution is -2.28. The zero-order valence-electron chi connectivity index (χ0n) is 11.2. The molecule has 4 nitrogen and oxygen atoms in total. The molecule has 1 unspecified atom stereocenters. The van der Waals surface area contributed by atoms with Crippen LogP contribution in [0.25, 0.3) is 0 Å². The van der Waals surface area contributed by atoms with E-state index in [1.54, 1.807) is 31.4 Å². The predicted molar refractivity (Wildman–Crippen MR) is 71.6 cm³/mol. The largest absolute Gasteiger partial charge is 0.497 e. The molecule has 2 rings (SSSR count). The normalized spacial score (nSPS) is 17.1. The molecule has 0 saturated heterocycles. The highest BCUT2D eigenvalue weighted by Crippen LogP contribution is 2.32. The van der Waals surface area contributed by atoms with E-state index in [9.17, 15) is 9.90 Å². The third-order valence-corrected chi connectivity index (χ3v) is 3.78. The summed E-state index contributed by atoms with van der Waals surface area (Å²) < 4.78 is 10.7. The van der Waals surface area contributed by atoms with Crippen LogP contribution >= 0.6 is 0 Å². The first-order valence-electron chi connectivity index (χ1n) is 6.70. The number of hydrogen-bond acceptors (Lipinski definition) is 3. The van der Waals surface area contributed by atoms with Crippen molar-refractivity contribution in [3.8, 4) is 11.5 Å². The maximum Gasteiger partial charge on any atom is 0.310 e. The van der Waals surface area contributed by atoms with E-state index in [0.717, 1.165) is 31.4 Å². The van der Waals surface area contributed by atoms with E-state index in [1.165, 1.54) is 0 Å². The number of ether oxygens (including phenoxy) is 2. The van der Waals surface area contributed by atoms with Crippen LogP contribution in [0.4, 0.5) is 0 Å². The zero-order chi connectivity index (χ0) is 13.7. The van der Waals surface area contributed by atoms with E-state index in [0.29, 0.717) is 5.75 Å². The van der Waals surface area contributed by atoms with E-state index in [1.807, 2.05) is 0 Å². The van der Waals surface area contributed by atoms with Crippen LogP contribution in [0.1, 0.15) is 25.7 Å². The first-order valence-corrected chi connectivity index (χ1v) is 6.70. The Hall–Kier alpha value is -1.71. The molecule has 1 fully saturated rings. The van der Waals surface area contributed by atoms with Gasteiger partial charge >= 0.3 is 5.97 Å². The van der Waals surface area contributed by atoms with Crippen LogP contribution in [0.3, 0.4) is 0 Å². The molecule has 0 amide bonds. The van der Waals surface area contributed by atoms with Gasteiger partial charge in [0.2, 0.25) is 0 Å². The third-order valence-electron chi connectivity index (χ3n) is 3.78. The minimum atomic E-state index is -0.750. The standard InChI is InChI=1S/C15H20O4/c1-18-12-6-8-13(9-7-12)19-10-14(15(16)17)11-4-2-3-5-11/h6-9,11,14H,2-5,10H2,1H3,(H,16,17). The van der Waals surface area contributed by atoms with Gasteiger partial charge in [-0.15, -0.1) is 0 Å². The third kappa shape index (κ3) is 3.63. The Morgan fingerprint density at radius 1 is 1.26 bits per heavy atom. The molecule has 1 aromatic carbocycles. The van der Waals surface area contributed by atoms with Crippen LogP contribution in [-0.2, 0) is 4.79 Å². The van der Waals surface area contributed by atoms with Crippen molar-refractivity contribution in [3.63, 3.8) is 0 Å². The molecule has 0 aliphatic heterocycles. The number of aliphatic carboxylic acids is 1. The van der Waals surface area contributed by atoms with Crippen molar-refractivity contribution in [2.45, 2.75) is 25.7 Å². The van der Waals surface area contributed by atoms with Crippen LogP contribution in [-0.4, -0.2) is 24.8 Å². The SMILES string of the molecule is COc1ccc(OCC(C(=O)O)C2CCCC2)cc1. The first kappa shape index (κ1) is 13.7. The molecule has 0 bridgehead atoms. The highest BCUT2D eigenvalue weighted by Gasteiger charge is 2.31. The van der Waals surface area contributed by atoms with Gasteiger partial charge in [0.15, 0.2) is 0 Å². The molecular weight excluding hydrogens is 244 g/mol. The fourth-order valence-electron chi connectivity index (χ4n) is 2.63. The van der Waals surface area contributed by atoms with Gasteiger partial charge in [0.25, 0.3) is 0 Å². The lowest BCUT2D eigenvalue weighted by Gasteiger charge is -2.19. The second kappa shape index (κ2) is 6.45. The van der Waals surface area contributed by atoms with Gasteiger partial charge in [0, 0.05) is 0 Å². The van der Waals surface area contributed by atoms with E-state index < -0.39 is 11.9 Å². The summed E-state index contributed by atoms with van der Waals surface area (Å²) in [6.45, 7) is 0.242. The van der Waals surface area contributed by atoms with Crippen LogP contribution in [0.2, 0.25) is 0 Å². The van der Waals surface area contributed by atoms with Gasteiger partial charge in [-0.25, -0.2) is 0 Å². The number of carboxylic acids is 1. The van der Waals surface area contributed by atoms with Gasteiger partial charge in [-0.05, 0) is 43.0 Å². The van der Waals surface area contributed by atoms with Crippen molar-refractivity contribution >= 4 is 5.97 Å². The summed E-state index contributed by atoms with van der Waals surface area (Å²) in [5.41, 5.74) is 0. The van der Waals surface area contributed by atoms with Gasteiger partial charge in [-0.3, -0.25) is 4.79 Å². The number of hydrogen-bond donors (Lipinski definition) is 1. The second-order valence-corrected chi connectivity index (χ2v) is 4.98. The molecule has 4 heteroatoms. The number of benzene rings is 1. The quantitative estimate of drug-likeness (QED) is 0.858. The molecule has 1 aliphatic carbocycles. The van der Waals surface area contributed by atoms with Crippen LogP contribution in [0, 0.1) is 11.8 Å². The van der Waals surface area contributed by atoms with Crippen LogP contribution in [0.5, 0.6) is 11.5 Å². The summed E-state index contributed by atoms with van der Waals surface area (Å²) in [6.07, 6.45) is 4.28.